The van der Waals surface area contributed by atoms with Gasteiger partial charge in [0.2, 0.25) is 0 Å². The SMILES string of the molecule is CCSCCC(C)Nc1nccc2c(OC)cccc12. The number of pyridine rings is 1. The van der Waals surface area contributed by atoms with E-state index >= 15 is 0 Å². The van der Waals surface area contributed by atoms with Gasteiger partial charge in [-0.1, -0.05) is 19.1 Å². The molecule has 0 saturated heterocycles. The van der Waals surface area contributed by atoms with Gasteiger partial charge < -0.3 is 10.1 Å². The molecule has 3 nitrogen and oxygen atoms in total. The van der Waals surface area contributed by atoms with Gasteiger partial charge in [-0.05, 0) is 37.0 Å². The molecule has 2 aromatic rings. The Bertz CT molecular complexity index is 559. The molecule has 0 aliphatic heterocycles. The molecule has 1 heterocycles. The summed E-state index contributed by atoms with van der Waals surface area (Å²) in [4.78, 5) is 4.48. The number of ether oxygens (including phenoxy) is 1. The van der Waals surface area contributed by atoms with Crippen molar-refractivity contribution in [2.75, 3.05) is 23.9 Å². The maximum Gasteiger partial charge on any atom is 0.134 e. The summed E-state index contributed by atoms with van der Waals surface area (Å²) in [5, 5.41) is 5.73. The van der Waals surface area contributed by atoms with E-state index in [0.717, 1.165) is 28.8 Å². The Morgan fingerprint density at radius 1 is 1.30 bits per heavy atom. The summed E-state index contributed by atoms with van der Waals surface area (Å²) in [5.74, 6) is 4.19. The van der Waals surface area contributed by atoms with Crippen LogP contribution in [0.2, 0.25) is 0 Å². The van der Waals surface area contributed by atoms with Gasteiger partial charge in [-0.2, -0.15) is 11.8 Å². The third-order valence-electron chi connectivity index (χ3n) is 3.27. The van der Waals surface area contributed by atoms with Crippen LogP contribution in [0.1, 0.15) is 20.3 Å². The molecule has 0 saturated carbocycles. The smallest absolute Gasteiger partial charge is 0.134 e. The number of anilines is 1. The number of hydrogen-bond acceptors (Lipinski definition) is 4. The minimum Gasteiger partial charge on any atom is -0.496 e. The second kappa shape index (κ2) is 7.39. The van der Waals surface area contributed by atoms with Gasteiger partial charge in [-0.25, -0.2) is 4.98 Å². The number of benzene rings is 1. The number of nitrogens with zero attached hydrogens (tertiary/aromatic N) is 1. The molecule has 20 heavy (non-hydrogen) atoms. The van der Waals surface area contributed by atoms with Gasteiger partial charge in [-0.15, -0.1) is 0 Å². The molecule has 0 fully saturated rings. The molecule has 0 amide bonds. The molecule has 4 heteroatoms. The lowest BCUT2D eigenvalue weighted by Crippen LogP contribution is -2.17. The highest BCUT2D eigenvalue weighted by Gasteiger charge is 2.08. The molecule has 2 rings (SSSR count). The molecule has 0 aliphatic rings. The molecule has 0 spiro atoms. The lowest BCUT2D eigenvalue weighted by molar-refractivity contribution is 0.420. The maximum atomic E-state index is 5.41. The Hall–Kier alpha value is -1.42. The van der Waals surface area contributed by atoms with Crippen LogP contribution < -0.4 is 10.1 Å². The largest absolute Gasteiger partial charge is 0.496 e. The van der Waals surface area contributed by atoms with Gasteiger partial charge in [0.05, 0.1) is 7.11 Å². The van der Waals surface area contributed by atoms with Crippen molar-refractivity contribution in [1.82, 2.24) is 4.98 Å². The number of aromatic nitrogens is 1. The zero-order chi connectivity index (χ0) is 14.4. The molecule has 1 aromatic carbocycles. The average molecular weight is 290 g/mol. The van der Waals surface area contributed by atoms with Crippen molar-refractivity contribution in [1.29, 1.82) is 0 Å². The lowest BCUT2D eigenvalue weighted by Gasteiger charge is -2.16. The summed E-state index contributed by atoms with van der Waals surface area (Å²) in [6.07, 6.45) is 2.97. The Labute approximate surface area is 125 Å². The van der Waals surface area contributed by atoms with E-state index in [0.29, 0.717) is 6.04 Å². The minimum absolute atomic E-state index is 0.415. The molecule has 1 unspecified atom stereocenters. The fourth-order valence-electron chi connectivity index (χ4n) is 2.18. The molecule has 108 valence electrons. The van der Waals surface area contributed by atoms with Crippen molar-refractivity contribution in [2.24, 2.45) is 0 Å². The first kappa shape index (κ1) is 15.0. The number of hydrogen-bond donors (Lipinski definition) is 1. The Morgan fingerprint density at radius 3 is 2.90 bits per heavy atom. The van der Waals surface area contributed by atoms with Crippen LogP contribution in [0.5, 0.6) is 5.75 Å². The van der Waals surface area contributed by atoms with Crippen LogP contribution in [0.15, 0.2) is 30.5 Å². The number of fused-ring (bicyclic) bond motifs is 1. The Kier molecular flexibility index (Phi) is 5.53. The molecule has 0 bridgehead atoms. The Morgan fingerprint density at radius 2 is 2.15 bits per heavy atom. The van der Waals surface area contributed by atoms with Crippen LogP contribution in [-0.2, 0) is 0 Å². The fraction of sp³-hybridized carbons (Fsp3) is 0.438. The van der Waals surface area contributed by atoms with E-state index in [-0.39, 0.29) is 0 Å². The number of thioether (sulfide) groups is 1. The summed E-state index contributed by atoms with van der Waals surface area (Å²) in [6.45, 7) is 4.40. The summed E-state index contributed by atoms with van der Waals surface area (Å²) in [7, 11) is 1.70. The topological polar surface area (TPSA) is 34.2 Å². The average Bonchev–Trinajstić information content (AvgIpc) is 2.47. The minimum atomic E-state index is 0.415. The predicted octanol–water partition coefficient (Wildman–Crippen LogP) is 4.19. The van der Waals surface area contributed by atoms with Crippen LogP contribution in [0, 0.1) is 0 Å². The fourth-order valence-corrected chi connectivity index (χ4v) is 2.99. The van der Waals surface area contributed by atoms with Crippen LogP contribution in [-0.4, -0.2) is 29.6 Å². The second-order valence-corrected chi connectivity index (χ2v) is 6.14. The summed E-state index contributed by atoms with van der Waals surface area (Å²) < 4.78 is 5.41. The van der Waals surface area contributed by atoms with Crippen molar-refractivity contribution < 1.29 is 4.74 Å². The van der Waals surface area contributed by atoms with Gasteiger partial charge in [0, 0.05) is 23.0 Å². The van der Waals surface area contributed by atoms with Crippen LogP contribution >= 0.6 is 11.8 Å². The third kappa shape index (κ3) is 3.57. The van der Waals surface area contributed by atoms with Crippen molar-refractivity contribution in [3.8, 4) is 5.75 Å². The summed E-state index contributed by atoms with van der Waals surface area (Å²) in [6, 6.07) is 8.48. The van der Waals surface area contributed by atoms with Gasteiger partial charge in [0.15, 0.2) is 0 Å². The van der Waals surface area contributed by atoms with Crippen LogP contribution in [0.4, 0.5) is 5.82 Å². The molecule has 0 radical (unpaired) electrons. The normalized spacial score (nSPS) is 12.3. The highest BCUT2D eigenvalue weighted by Crippen LogP contribution is 2.29. The molecule has 1 aromatic heterocycles. The van der Waals surface area contributed by atoms with Gasteiger partial charge in [0.25, 0.3) is 0 Å². The summed E-state index contributed by atoms with van der Waals surface area (Å²) >= 11 is 1.98. The van der Waals surface area contributed by atoms with Gasteiger partial charge in [0.1, 0.15) is 11.6 Å². The van der Waals surface area contributed by atoms with E-state index in [9.17, 15) is 0 Å². The lowest BCUT2D eigenvalue weighted by atomic mass is 10.1. The van der Waals surface area contributed by atoms with E-state index in [1.165, 1.54) is 11.5 Å². The predicted molar refractivity (Wildman–Crippen MR) is 89.0 cm³/mol. The van der Waals surface area contributed by atoms with Crippen molar-refractivity contribution in [3.05, 3.63) is 30.5 Å². The molecule has 1 atom stereocenters. The monoisotopic (exact) mass is 290 g/mol. The molecular weight excluding hydrogens is 268 g/mol. The quantitative estimate of drug-likeness (QED) is 0.775. The molecule has 0 aliphatic carbocycles. The maximum absolute atomic E-state index is 5.41. The second-order valence-electron chi connectivity index (χ2n) is 4.75. The van der Waals surface area contributed by atoms with E-state index in [4.69, 9.17) is 4.74 Å². The zero-order valence-electron chi connectivity index (χ0n) is 12.3. The van der Waals surface area contributed by atoms with Gasteiger partial charge in [-0.3, -0.25) is 0 Å². The zero-order valence-corrected chi connectivity index (χ0v) is 13.2. The van der Waals surface area contributed by atoms with Gasteiger partial charge >= 0.3 is 0 Å². The first-order chi connectivity index (χ1) is 9.76. The van der Waals surface area contributed by atoms with Crippen molar-refractivity contribution >= 4 is 28.4 Å². The number of methoxy groups -OCH3 is 1. The standard InChI is InChI=1S/C16H22N2OS/c1-4-20-11-9-12(2)18-16-14-6-5-7-15(19-3)13(14)8-10-17-16/h5-8,10,12H,4,9,11H2,1-3H3,(H,17,18). The van der Waals surface area contributed by atoms with Crippen molar-refractivity contribution in [2.45, 2.75) is 26.3 Å². The van der Waals surface area contributed by atoms with Crippen LogP contribution in [0.25, 0.3) is 10.8 Å². The van der Waals surface area contributed by atoms with Crippen LogP contribution in [0.3, 0.4) is 0 Å². The highest BCUT2D eigenvalue weighted by atomic mass is 32.2. The van der Waals surface area contributed by atoms with E-state index in [1.807, 2.05) is 36.2 Å². The third-order valence-corrected chi connectivity index (χ3v) is 4.20. The van der Waals surface area contributed by atoms with E-state index in [2.05, 4.69) is 30.2 Å². The summed E-state index contributed by atoms with van der Waals surface area (Å²) in [5.41, 5.74) is 0. The highest BCUT2D eigenvalue weighted by molar-refractivity contribution is 7.99. The van der Waals surface area contributed by atoms with E-state index in [1.54, 1.807) is 7.11 Å². The number of rotatable bonds is 7. The Balaban J connectivity index is 2.18. The molecule has 1 N–H and O–H groups in total. The van der Waals surface area contributed by atoms with Crippen molar-refractivity contribution in [3.63, 3.8) is 0 Å². The number of nitrogens with one attached hydrogen (secondary N) is 1. The first-order valence-electron chi connectivity index (χ1n) is 7.02. The first-order valence-corrected chi connectivity index (χ1v) is 8.17. The van der Waals surface area contributed by atoms with E-state index < -0.39 is 0 Å². The molecular formula is C16H22N2OS.